The summed E-state index contributed by atoms with van der Waals surface area (Å²) >= 11 is 0. The van der Waals surface area contributed by atoms with Gasteiger partial charge in [-0.2, -0.15) is 0 Å². The van der Waals surface area contributed by atoms with Gasteiger partial charge in [-0.15, -0.1) is 0 Å². The summed E-state index contributed by atoms with van der Waals surface area (Å²) in [5, 5.41) is 5.31. The Morgan fingerprint density at radius 3 is 1.95 bits per heavy atom. The van der Waals surface area contributed by atoms with Gasteiger partial charge in [0.25, 0.3) is 0 Å². The van der Waals surface area contributed by atoms with E-state index in [0.717, 1.165) is 32.8 Å². The van der Waals surface area contributed by atoms with E-state index in [1.807, 2.05) is 30.3 Å². The molecule has 238 valence electrons. The molecule has 1 aromatic rings. The van der Waals surface area contributed by atoms with Crippen molar-refractivity contribution in [2.75, 3.05) is 13.2 Å². The van der Waals surface area contributed by atoms with Gasteiger partial charge in [-0.3, -0.25) is 24.0 Å². The zero-order valence-corrected chi connectivity index (χ0v) is 24.8. The molecule has 1 aromatic carbocycles. The minimum atomic E-state index is -1.36. The van der Waals surface area contributed by atoms with Crippen LogP contribution in [0.5, 0.6) is 0 Å². The molecule has 43 heavy (non-hydrogen) atoms. The molecule has 2 N–H and O–H groups in total. The monoisotopic (exact) mass is 608 g/mol. The van der Waals surface area contributed by atoms with Gasteiger partial charge in [0.05, 0.1) is 0 Å². The van der Waals surface area contributed by atoms with E-state index in [-0.39, 0.29) is 13.0 Å². The highest BCUT2D eigenvalue weighted by Crippen LogP contribution is 2.28. The summed E-state index contributed by atoms with van der Waals surface area (Å²) in [4.78, 5) is 71.7. The van der Waals surface area contributed by atoms with Gasteiger partial charge >= 0.3 is 30.0 Å². The van der Waals surface area contributed by atoms with Crippen molar-refractivity contribution in [2.24, 2.45) is 0 Å². The normalized spacial score (nSPS) is 21.1. The predicted octanol–water partition coefficient (Wildman–Crippen LogP) is 2.06. The second-order valence-electron chi connectivity index (χ2n) is 9.84. The second-order valence-corrected chi connectivity index (χ2v) is 9.84. The van der Waals surface area contributed by atoms with E-state index in [2.05, 4.69) is 10.6 Å². The third-order valence-corrected chi connectivity index (χ3v) is 6.11. The van der Waals surface area contributed by atoms with Crippen LogP contribution in [-0.2, 0) is 59.0 Å². The number of benzene rings is 1. The van der Waals surface area contributed by atoms with Crippen LogP contribution in [0.25, 0.3) is 0 Å². The van der Waals surface area contributed by atoms with Crippen LogP contribution < -0.4 is 10.6 Å². The van der Waals surface area contributed by atoms with Crippen molar-refractivity contribution in [3.05, 3.63) is 35.9 Å². The molecule has 2 amide bonds. The van der Waals surface area contributed by atoms with Gasteiger partial charge in [-0.1, -0.05) is 43.2 Å². The van der Waals surface area contributed by atoms with Crippen LogP contribution in [0, 0.1) is 0 Å². The molecule has 5 atom stereocenters. The highest BCUT2D eigenvalue weighted by molar-refractivity contribution is 5.76. The number of hydrogen-bond donors (Lipinski definition) is 2. The van der Waals surface area contributed by atoms with Crippen LogP contribution in [0.2, 0.25) is 0 Å². The quantitative estimate of drug-likeness (QED) is 0.168. The summed E-state index contributed by atoms with van der Waals surface area (Å²) in [7, 11) is 0. The van der Waals surface area contributed by atoms with E-state index < -0.39 is 73.1 Å². The molecule has 0 spiro atoms. The van der Waals surface area contributed by atoms with Crippen molar-refractivity contribution in [1.82, 2.24) is 10.6 Å². The van der Waals surface area contributed by atoms with Crippen LogP contribution in [0.3, 0.4) is 0 Å². The minimum Gasteiger partial charge on any atom is -0.463 e. The van der Waals surface area contributed by atoms with Gasteiger partial charge in [-0.25, -0.2) is 4.79 Å². The second kappa shape index (κ2) is 18.4. The number of hydrogen-bond acceptors (Lipinski definition) is 12. The summed E-state index contributed by atoms with van der Waals surface area (Å²) in [6.45, 7) is 4.73. The summed E-state index contributed by atoms with van der Waals surface area (Å²) in [5.41, 5.74) is 0.889. The molecule has 1 saturated heterocycles. The van der Waals surface area contributed by atoms with Crippen LogP contribution >= 0.6 is 0 Å². The van der Waals surface area contributed by atoms with Crippen molar-refractivity contribution in [3.8, 4) is 0 Å². The Balaban J connectivity index is 1.88. The highest BCUT2D eigenvalue weighted by Gasteiger charge is 2.52. The number of nitrogens with one attached hydrogen (secondary N) is 2. The molecule has 14 heteroatoms. The number of rotatable bonds is 15. The van der Waals surface area contributed by atoms with Gasteiger partial charge in [-0.05, 0) is 18.4 Å². The fourth-order valence-corrected chi connectivity index (χ4v) is 4.30. The fraction of sp³-hybridized carbons (Fsp3) is 0.586. The maximum atomic E-state index is 12.8. The minimum absolute atomic E-state index is 0.0966. The van der Waals surface area contributed by atoms with Crippen molar-refractivity contribution in [1.29, 1.82) is 0 Å². The van der Waals surface area contributed by atoms with E-state index in [0.29, 0.717) is 25.8 Å². The SMILES string of the molecule is CC(=O)OC[C@H]1O[C@@H](NC(=O)CCCCCCNC(=O)OCc2ccccc2)[C@H](OC(C)=O)[C@@H](OC(C)=O)[C@H]1OC(C)=O. The molecule has 0 radical (unpaired) electrons. The zero-order valence-electron chi connectivity index (χ0n) is 24.8. The lowest BCUT2D eigenvalue weighted by atomic mass is 9.97. The van der Waals surface area contributed by atoms with Gasteiger partial charge in [0.2, 0.25) is 5.91 Å². The number of esters is 4. The molecule has 2 rings (SSSR count). The molecule has 1 heterocycles. The highest BCUT2D eigenvalue weighted by atomic mass is 16.7. The average molecular weight is 609 g/mol. The maximum absolute atomic E-state index is 12.8. The van der Waals surface area contributed by atoms with Crippen molar-refractivity contribution in [3.63, 3.8) is 0 Å². The van der Waals surface area contributed by atoms with Crippen LogP contribution in [0.1, 0.15) is 65.4 Å². The van der Waals surface area contributed by atoms with E-state index in [1.165, 1.54) is 6.92 Å². The molecule has 1 fully saturated rings. The lowest BCUT2D eigenvalue weighted by Gasteiger charge is -2.44. The third kappa shape index (κ3) is 13.5. The Bertz CT molecular complexity index is 1100. The van der Waals surface area contributed by atoms with E-state index in [9.17, 15) is 28.8 Å². The Morgan fingerprint density at radius 1 is 0.721 bits per heavy atom. The summed E-state index contributed by atoms with van der Waals surface area (Å²) in [5.74, 6) is -3.36. The lowest BCUT2D eigenvalue weighted by molar-refractivity contribution is -0.257. The third-order valence-electron chi connectivity index (χ3n) is 6.11. The predicted molar refractivity (Wildman–Crippen MR) is 148 cm³/mol. The number of carbonyl (C=O) groups is 6. The first kappa shape index (κ1) is 35.0. The number of ether oxygens (including phenoxy) is 6. The molecular formula is C29H40N2O12. The van der Waals surface area contributed by atoms with Crippen molar-refractivity contribution in [2.45, 2.75) is 97.0 Å². The van der Waals surface area contributed by atoms with E-state index in [1.54, 1.807) is 0 Å². The smallest absolute Gasteiger partial charge is 0.407 e. The molecule has 1 aliphatic rings. The summed E-state index contributed by atoms with van der Waals surface area (Å²) < 4.78 is 32.0. The Labute approximate surface area is 250 Å². The number of alkyl carbamates (subject to hydrolysis) is 1. The molecular weight excluding hydrogens is 568 g/mol. The molecule has 0 saturated carbocycles. The molecule has 1 aliphatic heterocycles. The van der Waals surface area contributed by atoms with Gasteiger partial charge in [0.1, 0.15) is 19.3 Å². The summed E-state index contributed by atoms with van der Waals surface area (Å²) in [6, 6.07) is 9.32. The van der Waals surface area contributed by atoms with E-state index in [4.69, 9.17) is 28.4 Å². The van der Waals surface area contributed by atoms with Crippen molar-refractivity contribution >= 4 is 35.9 Å². The van der Waals surface area contributed by atoms with Crippen molar-refractivity contribution < 1.29 is 57.2 Å². The Morgan fingerprint density at radius 2 is 1.33 bits per heavy atom. The largest absolute Gasteiger partial charge is 0.463 e. The Kier molecular flexibility index (Phi) is 14.9. The number of amides is 2. The fourth-order valence-electron chi connectivity index (χ4n) is 4.30. The molecule has 14 nitrogen and oxygen atoms in total. The lowest BCUT2D eigenvalue weighted by Crippen LogP contribution is -2.66. The summed E-state index contributed by atoms with van der Waals surface area (Å²) in [6.07, 6.45) is -4.28. The molecule has 0 aromatic heterocycles. The van der Waals surface area contributed by atoms with Crippen LogP contribution in [0.4, 0.5) is 4.79 Å². The molecule has 0 bridgehead atoms. The Hall–Kier alpha value is -4.20. The van der Waals surface area contributed by atoms with Crippen LogP contribution in [0.15, 0.2) is 30.3 Å². The van der Waals surface area contributed by atoms with Crippen LogP contribution in [-0.4, -0.2) is 79.7 Å². The topological polar surface area (TPSA) is 182 Å². The first-order valence-electron chi connectivity index (χ1n) is 14.0. The van der Waals surface area contributed by atoms with Gasteiger partial charge < -0.3 is 39.1 Å². The molecule has 0 unspecified atom stereocenters. The maximum Gasteiger partial charge on any atom is 0.407 e. The average Bonchev–Trinajstić information content (AvgIpc) is 2.93. The molecule has 0 aliphatic carbocycles. The first-order chi connectivity index (χ1) is 20.5. The van der Waals surface area contributed by atoms with E-state index >= 15 is 0 Å². The van der Waals surface area contributed by atoms with Gasteiger partial charge in [0.15, 0.2) is 24.5 Å². The van der Waals surface area contributed by atoms with Gasteiger partial charge in [0, 0.05) is 40.7 Å². The zero-order chi connectivity index (χ0) is 31.8. The number of carbonyl (C=O) groups excluding carboxylic acids is 6. The standard InChI is InChI=1S/C29H40N2O12/c1-18(32)38-17-23-25(40-19(2)33)26(41-20(3)34)27(42-21(4)35)28(43-23)31-24(36)14-10-5-6-11-15-30-29(37)39-16-22-12-8-7-9-13-22/h7-9,12-13,23,25-28H,5-6,10-11,14-17H2,1-4H3,(H,30,37)(H,31,36)/t23-,25+,26+,27-,28-/m1/s1. The first-order valence-corrected chi connectivity index (χ1v) is 14.0. The number of unbranched alkanes of at least 4 members (excludes halogenated alkanes) is 3.